The van der Waals surface area contributed by atoms with Crippen LogP contribution in [0.15, 0.2) is 36.4 Å². The molecular formula is C21H30. The van der Waals surface area contributed by atoms with Crippen LogP contribution < -0.4 is 0 Å². The highest BCUT2D eigenvalue weighted by Gasteiger charge is 2.24. The molecule has 3 rings (SSSR count). The maximum Gasteiger partial charge on any atom is 0.00735 e. The average Bonchev–Trinajstić information content (AvgIpc) is 2.75. The second-order valence-electron chi connectivity index (χ2n) is 5.61. The first-order valence-corrected chi connectivity index (χ1v) is 8.29. The van der Waals surface area contributed by atoms with Crippen molar-refractivity contribution in [3.05, 3.63) is 58.7 Å². The molecule has 0 saturated carbocycles. The molecule has 0 aliphatic heterocycles. The van der Waals surface area contributed by atoms with Gasteiger partial charge in [-0.05, 0) is 36.1 Å². The van der Waals surface area contributed by atoms with E-state index in [4.69, 9.17) is 0 Å². The predicted octanol–water partition coefficient (Wildman–Crippen LogP) is 6.88. The van der Waals surface area contributed by atoms with Crippen LogP contribution in [0.1, 0.15) is 69.2 Å². The lowest BCUT2D eigenvalue weighted by Crippen LogP contribution is -1.90. The van der Waals surface area contributed by atoms with Crippen molar-refractivity contribution in [2.75, 3.05) is 0 Å². The third-order valence-electron chi connectivity index (χ3n) is 3.64. The van der Waals surface area contributed by atoms with Crippen LogP contribution in [-0.2, 0) is 0 Å². The summed E-state index contributed by atoms with van der Waals surface area (Å²) in [6.07, 6.45) is 1.25. The van der Waals surface area contributed by atoms with E-state index in [1.54, 1.807) is 0 Å². The maximum absolute atomic E-state index is 2.33. The molecule has 1 aliphatic rings. The van der Waals surface area contributed by atoms with E-state index in [1.165, 1.54) is 39.8 Å². The Morgan fingerprint density at radius 1 is 0.762 bits per heavy atom. The molecule has 0 fully saturated rings. The fourth-order valence-electron chi connectivity index (χ4n) is 2.74. The number of fused-ring (bicyclic) bond motifs is 3. The lowest BCUT2D eigenvalue weighted by molar-refractivity contribution is 0.952. The van der Waals surface area contributed by atoms with Crippen LogP contribution in [0.4, 0.5) is 0 Å². The van der Waals surface area contributed by atoms with Gasteiger partial charge in [-0.3, -0.25) is 0 Å². The largest absolute Gasteiger partial charge is 0.0683 e. The van der Waals surface area contributed by atoms with E-state index >= 15 is 0 Å². The molecule has 0 saturated heterocycles. The van der Waals surface area contributed by atoms with Gasteiger partial charge >= 0.3 is 0 Å². The number of benzene rings is 2. The van der Waals surface area contributed by atoms with Crippen LogP contribution in [0.2, 0.25) is 0 Å². The summed E-state index contributed by atoms with van der Waals surface area (Å²) in [5.74, 6) is 0.546. The minimum absolute atomic E-state index is 0.546. The molecule has 0 unspecified atom stereocenters. The Bertz CT molecular complexity index is 527. The van der Waals surface area contributed by atoms with Crippen LogP contribution >= 0.6 is 0 Å². The monoisotopic (exact) mass is 282 g/mol. The average molecular weight is 282 g/mol. The highest BCUT2D eigenvalue weighted by molar-refractivity contribution is 5.79. The van der Waals surface area contributed by atoms with Crippen molar-refractivity contribution in [3.8, 4) is 11.1 Å². The van der Waals surface area contributed by atoms with Crippen LogP contribution in [0.25, 0.3) is 11.1 Å². The minimum atomic E-state index is 0.546. The van der Waals surface area contributed by atoms with Gasteiger partial charge in [0.15, 0.2) is 0 Å². The highest BCUT2D eigenvalue weighted by atomic mass is 14.3. The molecule has 1 aliphatic carbocycles. The molecule has 0 bridgehead atoms. The van der Waals surface area contributed by atoms with Crippen LogP contribution in [0.3, 0.4) is 0 Å². The molecule has 0 heteroatoms. The molecule has 2 aromatic rings. The topological polar surface area (TPSA) is 0 Å². The highest BCUT2D eigenvalue weighted by Crippen LogP contribution is 2.44. The quantitative estimate of drug-likeness (QED) is 0.494. The van der Waals surface area contributed by atoms with Gasteiger partial charge in [-0.2, -0.15) is 0 Å². The Morgan fingerprint density at radius 2 is 1.10 bits per heavy atom. The van der Waals surface area contributed by atoms with E-state index in [1.807, 2.05) is 13.8 Å². The SMILES string of the molecule is CC.CCC.Cc1ccc2c(c1)C(C)c1cc(C)ccc1-2. The van der Waals surface area contributed by atoms with Gasteiger partial charge in [-0.15, -0.1) is 0 Å². The van der Waals surface area contributed by atoms with Crippen molar-refractivity contribution in [2.45, 2.75) is 60.8 Å². The number of aryl methyl sites for hydroxylation is 2. The second kappa shape index (κ2) is 8.02. The Balaban J connectivity index is 0.000000395. The van der Waals surface area contributed by atoms with E-state index in [2.05, 4.69) is 71.0 Å². The molecular weight excluding hydrogens is 252 g/mol. The third kappa shape index (κ3) is 3.75. The molecule has 0 nitrogen and oxygen atoms in total. The summed E-state index contributed by atoms with van der Waals surface area (Å²) in [5.41, 5.74) is 8.53. The van der Waals surface area contributed by atoms with E-state index in [0.717, 1.165) is 0 Å². The summed E-state index contributed by atoms with van der Waals surface area (Å²) in [4.78, 5) is 0. The first-order valence-electron chi connectivity index (χ1n) is 8.29. The van der Waals surface area contributed by atoms with Crippen LogP contribution in [0, 0.1) is 13.8 Å². The predicted molar refractivity (Wildman–Crippen MR) is 96.2 cm³/mol. The zero-order valence-corrected chi connectivity index (χ0v) is 14.7. The van der Waals surface area contributed by atoms with Gasteiger partial charge in [0.05, 0.1) is 0 Å². The smallest absolute Gasteiger partial charge is 0.00735 e. The van der Waals surface area contributed by atoms with Gasteiger partial charge in [0, 0.05) is 5.92 Å². The zero-order chi connectivity index (χ0) is 16.0. The standard InChI is InChI=1S/C16H16.C3H8.C2H6/c1-10-4-6-13-14-7-5-11(2)9-16(14)12(3)15(13)8-10;1-3-2;1-2/h4-9,12H,1-3H3;3H2,1-2H3;1-2H3. The first kappa shape index (κ1) is 17.5. The summed E-state index contributed by atoms with van der Waals surface area (Å²) in [5, 5.41) is 0. The molecule has 2 aromatic carbocycles. The molecule has 21 heavy (non-hydrogen) atoms. The maximum atomic E-state index is 2.33. The Kier molecular flexibility index (Phi) is 6.68. The van der Waals surface area contributed by atoms with Crippen molar-refractivity contribution < 1.29 is 0 Å². The van der Waals surface area contributed by atoms with Crippen molar-refractivity contribution in [3.63, 3.8) is 0 Å². The van der Waals surface area contributed by atoms with Gasteiger partial charge in [0.2, 0.25) is 0 Å². The lowest BCUT2D eigenvalue weighted by atomic mass is 9.97. The summed E-state index contributed by atoms with van der Waals surface area (Å²) < 4.78 is 0. The van der Waals surface area contributed by atoms with Crippen molar-refractivity contribution >= 4 is 0 Å². The fourth-order valence-corrected chi connectivity index (χ4v) is 2.74. The number of rotatable bonds is 0. The zero-order valence-electron chi connectivity index (χ0n) is 14.7. The summed E-state index contributed by atoms with van der Waals surface area (Å²) in [6, 6.07) is 13.6. The molecule has 0 amide bonds. The van der Waals surface area contributed by atoms with E-state index in [9.17, 15) is 0 Å². The Labute approximate surface area is 131 Å². The third-order valence-corrected chi connectivity index (χ3v) is 3.64. The van der Waals surface area contributed by atoms with Crippen LogP contribution in [0.5, 0.6) is 0 Å². The van der Waals surface area contributed by atoms with Crippen molar-refractivity contribution in [1.29, 1.82) is 0 Å². The number of hydrogen-bond acceptors (Lipinski definition) is 0. The fraction of sp³-hybridized carbons (Fsp3) is 0.429. The molecule has 0 atom stereocenters. The lowest BCUT2D eigenvalue weighted by Gasteiger charge is -2.07. The second-order valence-corrected chi connectivity index (χ2v) is 5.61. The molecule has 0 radical (unpaired) electrons. The van der Waals surface area contributed by atoms with Gasteiger partial charge in [-0.25, -0.2) is 0 Å². The Hall–Kier alpha value is -1.56. The molecule has 0 N–H and O–H groups in total. The summed E-state index contributed by atoms with van der Waals surface area (Å²) >= 11 is 0. The molecule has 0 spiro atoms. The van der Waals surface area contributed by atoms with Crippen molar-refractivity contribution in [2.24, 2.45) is 0 Å². The van der Waals surface area contributed by atoms with Gasteiger partial charge in [0.25, 0.3) is 0 Å². The van der Waals surface area contributed by atoms with Gasteiger partial charge < -0.3 is 0 Å². The van der Waals surface area contributed by atoms with Crippen molar-refractivity contribution in [1.82, 2.24) is 0 Å². The van der Waals surface area contributed by atoms with Gasteiger partial charge in [0.1, 0.15) is 0 Å². The molecule has 114 valence electrons. The summed E-state index contributed by atoms with van der Waals surface area (Å²) in [7, 11) is 0. The van der Waals surface area contributed by atoms with Crippen LogP contribution in [-0.4, -0.2) is 0 Å². The van der Waals surface area contributed by atoms with E-state index in [0.29, 0.717) is 5.92 Å². The first-order chi connectivity index (χ1) is 10.1. The minimum Gasteiger partial charge on any atom is -0.0683 e. The summed E-state index contributed by atoms with van der Waals surface area (Å²) in [6.45, 7) is 14.9. The molecule has 0 aromatic heterocycles. The molecule has 0 heterocycles. The van der Waals surface area contributed by atoms with E-state index in [-0.39, 0.29) is 0 Å². The van der Waals surface area contributed by atoms with E-state index < -0.39 is 0 Å². The number of hydrogen-bond donors (Lipinski definition) is 0. The normalized spacial score (nSPS) is 11.6. The Morgan fingerprint density at radius 3 is 1.43 bits per heavy atom. The van der Waals surface area contributed by atoms with Gasteiger partial charge in [-0.1, -0.05) is 88.6 Å².